The third-order valence-electron chi connectivity index (χ3n) is 5.66. The smallest absolute Gasteiger partial charge is 0.257 e. The molecule has 1 aromatic carbocycles. The van der Waals surface area contributed by atoms with Crippen LogP contribution in [0.15, 0.2) is 43.0 Å². The standard InChI is InChI=1S/C22H25FN4O/c1-15-12-19(16(2)27(15)18-6-4-3-5-7-18)22(28)25-17-8-9-21(20(23)13-17)26-11-10-24-14-26/h8-14,18H,3-7H2,1-2H3,(H,25,28). The van der Waals surface area contributed by atoms with Crippen LogP contribution >= 0.6 is 0 Å². The van der Waals surface area contributed by atoms with Crippen molar-refractivity contribution >= 4 is 11.6 Å². The summed E-state index contributed by atoms with van der Waals surface area (Å²) in [5.41, 5.74) is 3.58. The third kappa shape index (κ3) is 3.46. The van der Waals surface area contributed by atoms with Gasteiger partial charge in [-0.1, -0.05) is 19.3 Å². The van der Waals surface area contributed by atoms with Crippen LogP contribution in [-0.2, 0) is 0 Å². The number of carbonyl (C=O) groups excluding carboxylic acids is 1. The van der Waals surface area contributed by atoms with Gasteiger partial charge in [0.1, 0.15) is 5.82 Å². The highest BCUT2D eigenvalue weighted by molar-refractivity contribution is 6.05. The lowest BCUT2D eigenvalue weighted by Gasteiger charge is -2.26. The number of nitrogens with one attached hydrogen (secondary N) is 1. The van der Waals surface area contributed by atoms with Crippen LogP contribution in [-0.4, -0.2) is 20.0 Å². The van der Waals surface area contributed by atoms with E-state index in [-0.39, 0.29) is 5.91 Å². The van der Waals surface area contributed by atoms with E-state index in [1.165, 1.54) is 44.5 Å². The Hall–Kier alpha value is -2.89. The second kappa shape index (κ2) is 7.62. The van der Waals surface area contributed by atoms with E-state index in [0.717, 1.165) is 11.4 Å². The van der Waals surface area contributed by atoms with Crippen molar-refractivity contribution < 1.29 is 9.18 Å². The molecule has 6 heteroatoms. The molecule has 0 saturated heterocycles. The van der Waals surface area contributed by atoms with Crippen LogP contribution in [0.1, 0.15) is 59.9 Å². The largest absolute Gasteiger partial charge is 0.345 e. The minimum absolute atomic E-state index is 0.204. The molecule has 1 saturated carbocycles. The van der Waals surface area contributed by atoms with Crippen molar-refractivity contribution in [3.63, 3.8) is 0 Å². The molecule has 1 fully saturated rings. The summed E-state index contributed by atoms with van der Waals surface area (Å²) < 4.78 is 18.4. The van der Waals surface area contributed by atoms with Crippen molar-refractivity contribution in [2.45, 2.75) is 52.0 Å². The van der Waals surface area contributed by atoms with Crippen LogP contribution in [0.5, 0.6) is 0 Å². The number of hydrogen-bond acceptors (Lipinski definition) is 2. The van der Waals surface area contributed by atoms with Crippen LogP contribution < -0.4 is 5.32 Å². The average Bonchev–Trinajstić information content (AvgIpc) is 3.31. The molecule has 1 amide bonds. The van der Waals surface area contributed by atoms with E-state index in [9.17, 15) is 9.18 Å². The molecule has 3 aromatic rings. The Labute approximate surface area is 164 Å². The van der Waals surface area contributed by atoms with Gasteiger partial charge in [0, 0.05) is 35.5 Å². The highest BCUT2D eigenvalue weighted by Gasteiger charge is 2.22. The zero-order valence-electron chi connectivity index (χ0n) is 16.3. The van der Waals surface area contributed by atoms with Gasteiger partial charge in [-0.3, -0.25) is 4.79 Å². The van der Waals surface area contributed by atoms with Crippen LogP contribution in [0.25, 0.3) is 5.69 Å². The van der Waals surface area contributed by atoms with E-state index < -0.39 is 5.82 Å². The predicted molar refractivity (Wildman–Crippen MR) is 108 cm³/mol. The number of anilines is 1. The number of rotatable bonds is 4. The van der Waals surface area contributed by atoms with Crippen molar-refractivity contribution in [2.75, 3.05) is 5.32 Å². The summed E-state index contributed by atoms with van der Waals surface area (Å²) in [5.74, 6) is -0.617. The molecule has 0 radical (unpaired) electrons. The molecular formula is C22H25FN4O. The zero-order valence-corrected chi connectivity index (χ0v) is 16.3. The van der Waals surface area contributed by atoms with Crippen molar-refractivity contribution in [1.29, 1.82) is 0 Å². The molecule has 28 heavy (non-hydrogen) atoms. The molecule has 2 aromatic heterocycles. The number of aryl methyl sites for hydroxylation is 1. The number of halogens is 1. The zero-order chi connectivity index (χ0) is 19.7. The summed E-state index contributed by atoms with van der Waals surface area (Å²) in [7, 11) is 0. The molecule has 0 unspecified atom stereocenters. The number of imidazole rings is 1. The maximum atomic E-state index is 14.5. The predicted octanol–water partition coefficient (Wildman–Crippen LogP) is 5.19. The Kier molecular flexibility index (Phi) is 5.03. The molecule has 1 aliphatic rings. The molecular weight excluding hydrogens is 355 g/mol. The average molecular weight is 380 g/mol. The van der Waals surface area contributed by atoms with Crippen molar-refractivity contribution in [3.05, 3.63) is 65.8 Å². The van der Waals surface area contributed by atoms with E-state index in [4.69, 9.17) is 0 Å². The first kappa shape index (κ1) is 18.5. The number of benzene rings is 1. The second-order valence-corrected chi connectivity index (χ2v) is 7.54. The monoisotopic (exact) mass is 380 g/mol. The van der Waals surface area contributed by atoms with Gasteiger partial charge in [-0.05, 0) is 51.0 Å². The van der Waals surface area contributed by atoms with E-state index in [2.05, 4.69) is 21.8 Å². The number of nitrogens with zero attached hydrogens (tertiary/aromatic N) is 3. The number of hydrogen-bond donors (Lipinski definition) is 1. The first-order chi connectivity index (χ1) is 13.5. The molecule has 0 aliphatic heterocycles. The first-order valence-corrected chi connectivity index (χ1v) is 9.82. The van der Waals surface area contributed by atoms with E-state index in [0.29, 0.717) is 23.0 Å². The van der Waals surface area contributed by atoms with Crippen molar-refractivity contribution in [1.82, 2.24) is 14.1 Å². The van der Waals surface area contributed by atoms with E-state index >= 15 is 0 Å². The molecule has 1 N–H and O–H groups in total. The SMILES string of the molecule is Cc1cc(C(=O)Nc2ccc(-n3ccnc3)c(F)c2)c(C)n1C1CCCCC1. The van der Waals surface area contributed by atoms with Gasteiger partial charge >= 0.3 is 0 Å². The van der Waals surface area contributed by atoms with Gasteiger partial charge in [0.2, 0.25) is 0 Å². The highest BCUT2D eigenvalue weighted by Crippen LogP contribution is 2.32. The summed E-state index contributed by atoms with van der Waals surface area (Å²) in [5, 5.41) is 2.84. The Morgan fingerprint density at radius 2 is 1.96 bits per heavy atom. The van der Waals surface area contributed by atoms with Crippen LogP contribution in [0.2, 0.25) is 0 Å². The molecule has 5 nitrogen and oxygen atoms in total. The molecule has 4 rings (SSSR count). The van der Waals surface area contributed by atoms with Crippen LogP contribution in [0, 0.1) is 19.7 Å². The maximum absolute atomic E-state index is 14.5. The van der Waals surface area contributed by atoms with Crippen LogP contribution in [0.3, 0.4) is 0 Å². The minimum atomic E-state index is -0.413. The molecule has 2 heterocycles. The van der Waals surface area contributed by atoms with Gasteiger partial charge in [-0.2, -0.15) is 0 Å². The van der Waals surface area contributed by atoms with Gasteiger partial charge in [0.25, 0.3) is 5.91 Å². The second-order valence-electron chi connectivity index (χ2n) is 7.54. The molecule has 0 atom stereocenters. The Bertz CT molecular complexity index is 984. The minimum Gasteiger partial charge on any atom is -0.345 e. The van der Waals surface area contributed by atoms with Gasteiger partial charge < -0.3 is 14.5 Å². The Morgan fingerprint density at radius 1 is 1.18 bits per heavy atom. The van der Waals surface area contributed by atoms with E-state index in [1.54, 1.807) is 29.1 Å². The topological polar surface area (TPSA) is 51.9 Å². The van der Waals surface area contributed by atoms with Gasteiger partial charge in [-0.15, -0.1) is 0 Å². The third-order valence-corrected chi connectivity index (χ3v) is 5.66. The number of amides is 1. The maximum Gasteiger partial charge on any atom is 0.257 e. The van der Waals surface area contributed by atoms with Gasteiger partial charge in [-0.25, -0.2) is 9.37 Å². The Morgan fingerprint density at radius 3 is 2.64 bits per heavy atom. The molecule has 0 bridgehead atoms. The van der Waals surface area contributed by atoms with Crippen molar-refractivity contribution in [2.24, 2.45) is 0 Å². The van der Waals surface area contributed by atoms with Crippen LogP contribution in [0.4, 0.5) is 10.1 Å². The first-order valence-electron chi connectivity index (χ1n) is 9.82. The summed E-state index contributed by atoms with van der Waals surface area (Å²) in [6.45, 7) is 4.05. The van der Waals surface area contributed by atoms with Gasteiger partial charge in [0.05, 0.1) is 17.6 Å². The summed E-state index contributed by atoms with van der Waals surface area (Å²) >= 11 is 0. The summed E-state index contributed by atoms with van der Waals surface area (Å²) in [4.78, 5) is 16.8. The lowest BCUT2D eigenvalue weighted by Crippen LogP contribution is -2.17. The summed E-state index contributed by atoms with van der Waals surface area (Å²) in [6.07, 6.45) is 10.9. The lowest BCUT2D eigenvalue weighted by atomic mass is 9.95. The highest BCUT2D eigenvalue weighted by atomic mass is 19.1. The molecule has 146 valence electrons. The van der Waals surface area contributed by atoms with E-state index in [1.807, 2.05) is 13.0 Å². The van der Waals surface area contributed by atoms with Gasteiger partial charge in [0.15, 0.2) is 0 Å². The normalized spacial score (nSPS) is 15.0. The van der Waals surface area contributed by atoms with Crippen molar-refractivity contribution in [3.8, 4) is 5.69 Å². The number of aromatic nitrogens is 3. The molecule has 1 aliphatic carbocycles. The summed E-state index contributed by atoms with van der Waals surface area (Å²) in [6, 6.07) is 7.10. The Balaban J connectivity index is 1.55. The molecule has 0 spiro atoms. The fourth-order valence-corrected chi connectivity index (χ4v) is 4.30. The quantitative estimate of drug-likeness (QED) is 0.677. The fraction of sp³-hybridized carbons (Fsp3) is 0.364. The lowest BCUT2D eigenvalue weighted by molar-refractivity contribution is 0.102. The fourth-order valence-electron chi connectivity index (χ4n) is 4.30. The number of carbonyl (C=O) groups is 1.